The summed E-state index contributed by atoms with van der Waals surface area (Å²) in [7, 11) is 0. The van der Waals surface area contributed by atoms with Crippen molar-refractivity contribution in [2.24, 2.45) is 0 Å². The second-order valence-electron chi connectivity index (χ2n) is 7.02. The summed E-state index contributed by atoms with van der Waals surface area (Å²) in [5.74, 6) is 1.54. The number of hydrogen-bond donors (Lipinski definition) is 1. The third-order valence-electron chi connectivity index (χ3n) is 4.54. The molecule has 2 aromatic carbocycles. The lowest BCUT2D eigenvalue weighted by atomic mass is 10.1. The maximum atomic E-state index is 12.0. The normalized spacial score (nSPS) is 10.9. The van der Waals surface area contributed by atoms with Crippen molar-refractivity contribution in [1.82, 2.24) is 10.3 Å². The van der Waals surface area contributed by atoms with Crippen molar-refractivity contribution in [2.75, 3.05) is 13.2 Å². The van der Waals surface area contributed by atoms with Crippen molar-refractivity contribution in [1.29, 1.82) is 0 Å². The van der Waals surface area contributed by atoms with Crippen LogP contribution in [0.15, 0.2) is 46.9 Å². The van der Waals surface area contributed by atoms with E-state index in [0.717, 1.165) is 35.3 Å². The van der Waals surface area contributed by atoms with Gasteiger partial charge in [-0.15, -0.1) is 0 Å². The summed E-state index contributed by atoms with van der Waals surface area (Å²) in [6.45, 7) is 5.16. The predicted octanol–water partition coefficient (Wildman–Crippen LogP) is 4.61. The fraction of sp³-hybridized carbons (Fsp3) is 0.391. The highest BCUT2D eigenvalue weighted by molar-refractivity contribution is 5.76. The Bertz CT molecular complexity index is 900. The zero-order chi connectivity index (χ0) is 19.8. The molecule has 0 saturated carbocycles. The van der Waals surface area contributed by atoms with Crippen molar-refractivity contribution in [3.05, 3.63) is 59.5 Å². The van der Waals surface area contributed by atoms with Gasteiger partial charge >= 0.3 is 0 Å². The van der Waals surface area contributed by atoms with E-state index >= 15 is 0 Å². The molecule has 0 aliphatic carbocycles. The van der Waals surface area contributed by atoms with Crippen LogP contribution >= 0.6 is 0 Å². The van der Waals surface area contributed by atoms with E-state index < -0.39 is 0 Å². The fourth-order valence-electron chi connectivity index (χ4n) is 3.08. The first kappa shape index (κ1) is 19.9. The summed E-state index contributed by atoms with van der Waals surface area (Å²) in [6.07, 6.45) is 4.03. The Morgan fingerprint density at radius 3 is 2.75 bits per heavy atom. The van der Waals surface area contributed by atoms with Crippen molar-refractivity contribution in [3.63, 3.8) is 0 Å². The SMILES string of the molecule is CCCc1ccc(OCCNC(=O)CCCc2nc3cc(C)ccc3o2)cc1. The number of aryl methyl sites for hydroxylation is 3. The van der Waals surface area contributed by atoms with Gasteiger partial charge in [-0.1, -0.05) is 31.5 Å². The number of hydrogen-bond acceptors (Lipinski definition) is 4. The van der Waals surface area contributed by atoms with Gasteiger partial charge in [0.1, 0.15) is 17.9 Å². The Kier molecular flexibility index (Phi) is 7.06. The maximum absolute atomic E-state index is 12.0. The minimum Gasteiger partial charge on any atom is -0.492 e. The van der Waals surface area contributed by atoms with Gasteiger partial charge < -0.3 is 14.5 Å². The summed E-state index contributed by atoms with van der Waals surface area (Å²) < 4.78 is 11.4. The number of nitrogens with zero attached hydrogens (tertiary/aromatic N) is 1. The van der Waals surface area contributed by atoms with Crippen LogP contribution < -0.4 is 10.1 Å². The minimum absolute atomic E-state index is 0.0221. The average molecular weight is 380 g/mol. The molecule has 1 aromatic heterocycles. The molecule has 0 radical (unpaired) electrons. The highest BCUT2D eigenvalue weighted by Crippen LogP contribution is 2.18. The first-order valence-electron chi connectivity index (χ1n) is 9.98. The molecule has 0 spiro atoms. The lowest BCUT2D eigenvalue weighted by Crippen LogP contribution is -2.27. The Morgan fingerprint density at radius 1 is 1.14 bits per heavy atom. The lowest BCUT2D eigenvalue weighted by molar-refractivity contribution is -0.121. The third kappa shape index (κ3) is 5.84. The summed E-state index contributed by atoms with van der Waals surface area (Å²) in [6, 6.07) is 14.1. The summed E-state index contributed by atoms with van der Waals surface area (Å²) in [5.41, 5.74) is 4.15. The van der Waals surface area contributed by atoms with E-state index in [1.807, 2.05) is 37.3 Å². The van der Waals surface area contributed by atoms with Crippen molar-refractivity contribution in [3.8, 4) is 5.75 Å². The number of oxazole rings is 1. The van der Waals surface area contributed by atoms with Gasteiger partial charge in [-0.25, -0.2) is 4.98 Å². The number of benzene rings is 2. The molecule has 3 rings (SSSR count). The van der Waals surface area contributed by atoms with Crippen molar-refractivity contribution >= 4 is 17.0 Å². The van der Waals surface area contributed by atoms with Gasteiger partial charge in [0, 0.05) is 12.8 Å². The van der Waals surface area contributed by atoms with Crippen LogP contribution in [0.1, 0.15) is 43.2 Å². The molecule has 0 saturated heterocycles. The molecule has 0 aliphatic rings. The number of fused-ring (bicyclic) bond motifs is 1. The minimum atomic E-state index is 0.0221. The van der Waals surface area contributed by atoms with Gasteiger partial charge in [0.15, 0.2) is 11.5 Å². The van der Waals surface area contributed by atoms with Gasteiger partial charge in [0.25, 0.3) is 0 Å². The molecule has 5 nitrogen and oxygen atoms in total. The second-order valence-corrected chi connectivity index (χ2v) is 7.02. The molecule has 1 amide bonds. The highest BCUT2D eigenvalue weighted by atomic mass is 16.5. The third-order valence-corrected chi connectivity index (χ3v) is 4.54. The topological polar surface area (TPSA) is 64.4 Å². The van der Waals surface area contributed by atoms with E-state index in [9.17, 15) is 4.79 Å². The Morgan fingerprint density at radius 2 is 1.96 bits per heavy atom. The summed E-state index contributed by atoms with van der Waals surface area (Å²) >= 11 is 0. The molecule has 1 heterocycles. The van der Waals surface area contributed by atoms with Gasteiger partial charge in [-0.3, -0.25) is 4.79 Å². The number of rotatable bonds is 10. The van der Waals surface area contributed by atoms with Gasteiger partial charge in [-0.05, 0) is 55.2 Å². The van der Waals surface area contributed by atoms with Crippen LogP contribution in [-0.4, -0.2) is 24.0 Å². The van der Waals surface area contributed by atoms with E-state index in [0.29, 0.717) is 38.3 Å². The zero-order valence-corrected chi connectivity index (χ0v) is 16.7. The maximum Gasteiger partial charge on any atom is 0.220 e. The first-order valence-corrected chi connectivity index (χ1v) is 9.98. The van der Waals surface area contributed by atoms with E-state index in [-0.39, 0.29) is 5.91 Å². The molecule has 5 heteroatoms. The van der Waals surface area contributed by atoms with Crippen molar-refractivity contribution < 1.29 is 13.9 Å². The van der Waals surface area contributed by atoms with Crippen LogP contribution in [0.2, 0.25) is 0 Å². The number of amides is 1. The highest BCUT2D eigenvalue weighted by Gasteiger charge is 2.07. The molecule has 1 N–H and O–H groups in total. The lowest BCUT2D eigenvalue weighted by Gasteiger charge is -2.08. The van der Waals surface area contributed by atoms with E-state index in [4.69, 9.17) is 9.15 Å². The average Bonchev–Trinajstić information content (AvgIpc) is 3.08. The van der Waals surface area contributed by atoms with Crippen LogP contribution in [0.3, 0.4) is 0 Å². The number of nitrogens with one attached hydrogen (secondary N) is 1. The monoisotopic (exact) mass is 380 g/mol. The number of aromatic nitrogens is 1. The Balaban J connectivity index is 1.32. The molecule has 28 heavy (non-hydrogen) atoms. The van der Waals surface area contributed by atoms with Crippen LogP contribution in [0.5, 0.6) is 5.75 Å². The first-order chi connectivity index (χ1) is 13.6. The zero-order valence-electron chi connectivity index (χ0n) is 16.7. The quantitative estimate of drug-likeness (QED) is 0.522. The second kappa shape index (κ2) is 9.93. The number of carbonyl (C=O) groups excluding carboxylic acids is 1. The molecule has 0 bridgehead atoms. The Labute approximate surface area is 166 Å². The van der Waals surface area contributed by atoms with Gasteiger partial charge in [0.2, 0.25) is 5.91 Å². The summed E-state index contributed by atoms with van der Waals surface area (Å²) in [5, 5.41) is 2.89. The van der Waals surface area contributed by atoms with Crippen LogP contribution in [0.25, 0.3) is 11.1 Å². The smallest absolute Gasteiger partial charge is 0.220 e. The molecular weight excluding hydrogens is 352 g/mol. The molecule has 148 valence electrons. The van der Waals surface area contributed by atoms with Crippen molar-refractivity contribution in [2.45, 2.75) is 46.0 Å². The largest absolute Gasteiger partial charge is 0.492 e. The molecule has 3 aromatic rings. The van der Waals surface area contributed by atoms with E-state index in [2.05, 4.69) is 29.4 Å². The van der Waals surface area contributed by atoms with Crippen LogP contribution in [0.4, 0.5) is 0 Å². The van der Waals surface area contributed by atoms with Crippen LogP contribution in [-0.2, 0) is 17.6 Å². The van der Waals surface area contributed by atoms with E-state index in [1.165, 1.54) is 5.56 Å². The number of ether oxygens (including phenoxy) is 1. The standard InChI is InChI=1S/C23H28N2O3/c1-3-5-18-9-11-19(12-10-18)27-15-14-24-22(26)6-4-7-23-25-20-16-17(2)8-13-21(20)28-23/h8-13,16H,3-7,14-15H2,1-2H3,(H,24,26). The molecule has 0 fully saturated rings. The predicted molar refractivity (Wildman–Crippen MR) is 111 cm³/mol. The van der Waals surface area contributed by atoms with E-state index in [1.54, 1.807) is 0 Å². The number of carbonyl (C=O) groups is 1. The fourth-order valence-corrected chi connectivity index (χ4v) is 3.08. The molecule has 0 aliphatic heterocycles. The van der Waals surface area contributed by atoms with Gasteiger partial charge in [-0.2, -0.15) is 0 Å². The molecule has 0 atom stereocenters. The Hall–Kier alpha value is -2.82. The molecular formula is C23H28N2O3. The van der Waals surface area contributed by atoms with Crippen LogP contribution in [0, 0.1) is 6.92 Å². The van der Waals surface area contributed by atoms with Gasteiger partial charge in [0.05, 0.1) is 6.54 Å². The summed E-state index contributed by atoms with van der Waals surface area (Å²) in [4.78, 5) is 16.4. The molecule has 0 unspecified atom stereocenters.